The van der Waals surface area contributed by atoms with Crippen molar-refractivity contribution in [2.45, 2.75) is 53.2 Å². The molecule has 1 heterocycles. The monoisotopic (exact) mass is 183 g/mol. The Morgan fingerprint density at radius 2 is 1.69 bits per heavy atom. The van der Waals surface area contributed by atoms with E-state index in [1.165, 1.54) is 0 Å². The zero-order valence-electron chi connectivity index (χ0n) is 9.55. The molecule has 0 aliphatic carbocycles. The maximum absolute atomic E-state index is 4.13. The Bertz CT molecular complexity index is 207. The molecule has 0 spiro atoms. The summed E-state index contributed by atoms with van der Waals surface area (Å²) in [6.45, 7) is 13.3. The highest BCUT2D eigenvalue weighted by atomic mass is 15.5. The third kappa shape index (κ3) is 2.14. The molecule has 3 nitrogen and oxygen atoms in total. The van der Waals surface area contributed by atoms with Crippen molar-refractivity contribution in [1.82, 2.24) is 10.3 Å². The molecule has 76 valence electrons. The highest BCUT2D eigenvalue weighted by Gasteiger charge is 2.37. The fourth-order valence-electron chi connectivity index (χ4n) is 1.47. The van der Waals surface area contributed by atoms with Crippen LogP contribution in [0, 0.1) is 5.41 Å². The van der Waals surface area contributed by atoms with E-state index in [2.05, 4.69) is 57.0 Å². The van der Waals surface area contributed by atoms with Crippen LogP contribution in [0.1, 0.15) is 41.5 Å². The molecule has 1 aliphatic heterocycles. The van der Waals surface area contributed by atoms with Crippen LogP contribution in [-0.4, -0.2) is 22.9 Å². The van der Waals surface area contributed by atoms with Crippen LogP contribution in [0.4, 0.5) is 0 Å². The van der Waals surface area contributed by atoms with Crippen molar-refractivity contribution < 1.29 is 0 Å². The molecule has 0 radical (unpaired) electrons. The molecular formula is C10H21N3. The van der Waals surface area contributed by atoms with Crippen molar-refractivity contribution in [2.75, 3.05) is 0 Å². The van der Waals surface area contributed by atoms with E-state index >= 15 is 0 Å². The number of nitrogens with zero attached hydrogens (tertiary/aromatic N) is 2. The van der Waals surface area contributed by atoms with Crippen molar-refractivity contribution in [3.8, 4) is 0 Å². The smallest absolute Gasteiger partial charge is 0.121 e. The third-order valence-corrected chi connectivity index (χ3v) is 2.25. The van der Waals surface area contributed by atoms with Crippen LogP contribution in [0.5, 0.6) is 0 Å². The number of rotatable bonds is 0. The average molecular weight is 183 g/mol. The van der Waals surface area contributed by atoms with Gasteiger partial charge in [0.25, 0.3) is 0 Å². The van der Waals surface area contributed by atoms with Crippen molar-refractivity contribution in [3.05, 3.63) is 0 Å². The normalized spacial score (nSPS) is 23.5. The number of nitrogens with one attached hydrogen (secondary N) is 1. The van der Waals surface area contributed by atoms with Crippen molar-refractivity contribution in [2.24, 2.45) is 10.5 Å². The maximum Gasteiger partial charge on any atom is 0.121 e. The lowest BCUT2D eigenvalue weighted by Crippen LogP contribution is -2.54. The molecule has 0 amide bonds. The molecule has 1 rings (SSSR count). The summed E-state index contributed by atoms with van der Waals surface area (Å²) in [5.41, 5.74) is 3.48. The van der Waals surface area contributed by atoms with E-state index in [0.29, 0.717) is 6.17 Å². The molecular weight excluding hydrogens is 162 g/mol. The largest absolute Gasteiger partial charge is 0.334 e. The van der Waals surface area contributed by atoms with E-state index < -0.39 is 0 Å². The molecule has 0 saturated carbocycles. The van der Waals surface area contributed by atoms with Crippen molar-refractivity contribution in [1.29, 1.82) is 0 Å². The van der Waals surface area contributed by atoms with E-state index in [4.69, 9.17) is 0 Å². The molecule has 0 aromatic carbocycles. The highest BCUT2D eigenvalue weighted by Crippen LogP contribution is 2.28. The van der Waals surface area contributed by atoms with Gasteiger partial charge in [-0.25, -0.2) is 0 Å². The second kappa shape index (κ2) is 2.89. The van der Waals surface area contributed by atoms with Gasteiger partial charge in [0.05, 0.1) is 0 Å². The molecule has 1 atom stereocenters. The van der Waals surface area contributed by atoms with Gasteiger partial charge in [-0.3, -0.25) is 5.43 Å². The van der Waals surface area contributed by atoms with Crippen LogP contribution in [0.2, 0.25) is 0 Å². The predicted octanol–water partition coefficient (Wildman–Crippen LogP) is 2.01. The Morgan fingerprint density at radius 3 is 2.00 bits per heavy atom. The summed E-state index contributed by atoms with van der Waals surface area (Å²) in [4.78, 5) is 2.27. The summed E-state index contributed by atoms with van der Waals surface area (Å²) in [6, 6.07) is 0. The standard InChI is InChI=1S/C10H21N3/c1-9(2,3)8-12-11-7-13(8)10(4,5)6/h7-8,12H,1-6H3. The zero-order valence-corrected chi connectivity index (χ0v) is 9.55. The first-order chi connectivity index (χ1) is 5.73. The molecule has 1 N–H and O–H groups in total. The minimum atomic E-state index is 0.130. The first-order valence-electron chi connectivity index (χ1n) is 4.80. The van der Waals surface area contributed by atoms with Gasteiger partial charge in [-0.2, -0.15) is 5.10 Å². The topological polar surface area (TPSA) is 27.6 Å². The fourth-order valence-corrected chi connectivity index (χ4v) is 1.47. The van der Waals surface area contributed by atoms with E-state index in [0.717, 1.165) is 0 Å². The van der Waals surface area contributed by atoms with Crippen LogP contribution >= 0.6 is 0 Å². The molecule has 0 fully saturated rings. The molecule has 0 saturated heterocycles. The molecule has 3 heteroatoms. The molecule has 1 aliphatic rings. The third-order valence-electron chi connectivity index (χ3n) is 2.25. The Morgan fingerprint density at radius 1 is 1.15 bits per heavy atom. The first kappa shape index (κ1) is 10.4. The molecule has 1 unspecified atom stereocenters. The number of hydrazone groups is 1. The van der Waals surface area contributed by atoms with E-state index in [1.807, 2.05) is 6.34 Å². The minimum Gasteiger partial charge on any atom is -0.334 e. The highest BCUT2D eigenvalue weighted by molar-refractivity contribution is 5.58. The Labute approximate surface area is 81.2 Å². The van der Waals surface area contributed by atoms with E-state index in [-0.39, 0.29) is 11.0 Å². The molecule has 0 bridgehead atoms. The summed E-state index contributed by atoms with van der Waals surface area (Å²) in [5.74, 6) is 0. The van der Waals surface area contributed by atoms with Gasteiger partial charge in [-0.05, 0) is 20.8 Å². The Kier molecular flexibility index (Phi) is 2.30. The summed E-state index contributed by atoms with van der Waals surface area (Å²) in [6.07, 6.45) is 2.20. The van der Waals surface area contributed by atoms with E-state index in [1.54, 1.807) is 0 Å². The fraction of sp³-hybridized carbons (Fsp3) is 0.900. The van der Waals surface area contributed by atoms with Crippen molar-refractivity contribution >= 4 is 6.34 Å². The second-order valence-electron chi connectivity index (χ2n) is 5.72. The van der Waals surface area contributed by atoms with Crippen LogP contribution < -0.4 is 5.43 Å². The van der Waals surface area contributed by atoms with Gasteiger partial charge in [0.15, 0.2) is 0 Å². The van der Waals surface area contributed by atoms with Gasteiger partial charge in [0.1, 0.15) is 12.5 Å². The SMILES string of the molecule is CC(C)(C)C1NN=CN1C(C)(C)C. The lowest BCUT2D eigenvalue weighted by molar-refractivity contribution is 0.0899. The van der Waals surface area contributed by atoms with Crippen LogP contribution in [0.15, 0.2) is 5.10 Å². The first-order valence-corrected chi connectivity index (χ1v) is 4.80. The maximum atomic E-state index is 4.13. The second-order valence-corrected chi connectivity index (χ2v) is 5.72. The van der Waals surface area contributed by atoms with Crippen LogP contribution in [0.3, 0.4) is 0 Å². The number of hydrogen-bond acceptors (Lipinski definition) is 3. The summed E-state index contributed by atoms with van der Waals surface area (Å²) < 4.78 is 0. The average Bonchev–Trinajstić information content (AvgIpc) is 2.27. The zero-order chi connectivity index (χ0) is 10.3. The van der Waals surface area contributed by atoms with Gasteiger partial charge in [-0.15, -0.1) is 0 Å². The van der Waals surface area contributed by atoms with Crippen molar-refractivity contribution in [3.63, 3.8) is 0 Å². The van der Waals surface area contributed by atoms with Gasteiger partial charge in [0, 0.05) is 11.0 Å². The predicted molar refractivity (Wildman–Crippen MR) is 56.5 cm³/mol. The molecule has 13 heavy (non-hydrogen) atoms. The summed E-state index contributed by atoms with van der Waals surface area (Å²) >= 11 is 0. The van der Waals surface area contributed by atoms with Gasteiger partial charge >= 0.3 is 0 Å². The molecule has 0 aromatic heterocycles. The van der Waals surface area contributed by atoms with Gasteiger partial charge < -0.3 is 4.90 Å². The Hall–Kier alpha value is -0.730. The van der Waals surface area contributed by atoms with E-state index in [9.17, 15) is 0 Å². The van der Waals surface area contributed by atoms with Crippen LogP contribution in [-0.2, 0) is 0 Å². The molecule has 0 aromatic rings. The Balaban J connectivity index is 2.81. The van der Waals surface area contributed by atoms with Gasteiger partial charge in [-0.1, -0.05) is 20.8 Å². The lowest BCUT2D eigenvalue weighted by Gasteiger charge is -2.42. The van der Waals surface area contributed by atoms with Gasteiger partial charge in [0.2, 0.25) is 0 Å². The summed E-state index contributed by atoms with van der Waals surface area (Å²) in [7, 11) is 0. The lowest BCUT2D eigenvalue weighted by atomic mass is 9.89. The quantitative estimate of drug-likeness (QED) is 0.622. The van der Waals surface area contributed by atoms with Crippen LogP contribution in [0.25, 0.3) is 0 Å². The minimum absolute atomic E-state index is 0.130. The number of hydrogen-bond donors (Lipinski definition) is 1. The summed E-state index contributed by atoms with van der Waals surface area (Å²) in [5, 5.41) is 4.13.